The van der Waals surface area contributed by atoms with Crippen LogP contribution in [0.15, 0.2) is 42.7 Å². The van der Waals surface area contributed by atoms with Crippen molar-refractivity contribution in [3.05, 3.63) is 54.0 Å². The first-order valence-corrected chi connectivity index (χ1v) is 6.22. The van der Waals surface area contributed by atoms with Crippen molar-refractivity contribution in [1.29, 1.82) is 0 Å². The zero-order chi connectivity index (χ0) is 13.9. The molecule has 5 heteroatoms. The Balaban J connectivity index is 1.90. The lowest BCUT2D eigenvalue weighted by atomic mass is 10.2. The van der Waals surface area contributed by atoms with Crippen LogP contribution >= 0.6 is 0 Å². The number of aromatic nitrogens is 3. The van der Waals surface area contributed by atoms with E-state index in [1.54, 1.807) is 19.3 Å². The van der Waals surface area contributed by atoms with Crippen molar-refractivity contribution in [1.82, 2.24) is 15.0 Å². The maximum atomic E-state index is 9.09. The SMILES string of the molecule is Cc1nc(Oc2cnc3ccccc3c2)ncc1CO. The minimum atomic E-state index is -0.0797. The van der Waals surface area contributed by atoms with E-state index in [9.17, 15) is 0 Å². The standard InChI is InChI=1S/C15H13N3O2/c1-10-12(9-19)7-17-15(18-10)20-13-6-11-4-2-3-5-14(11)16-8-13/h2-8,19H,9H2,1H3. The largest absolute Gasteiger partial charge is 0.423 e. The number of benzene rings is 1. The molecule has 0 bridgehead atoms. The molecule has 0 aliphatic carbocycles. The molecule has 0 saturated carbocycles. The van der Waals surface area contributed by atoms with E-state index in [1.165, 1.54) is 0 Å². The van der Waals surface area contributed by atoms with Gasteiger partial charge in [-0.3, -0.25) is 4.98 Å². The van der Waals surface area contributed by atoms with Gasteiger partial charge in [0.25, 0.3) is 0 Å². The second kappa shape index (κ2) is 5.22. The van der Waals surface area contributed by atoms with Crippen molar-refractivity contribution in [2.75, 3.05) is 0 Å². The Morgan fingerprint density at radius 2 is 2.00 bits per heavy atom. The number of pyridine rings is 1. The number of ether oxygens (including phenoxy) is 1. The summed E-state index contributed by atoms with van der Waals surface area (Å²) in [6, 6.07) is 9.93. The molecular weight excluding hydrogens is 254 g/mol. The molecule has 0 unspecified atom stereocenters. The average molecular weight is 267 g/mol. The highest BCUT2D eigenvalue weighted by Crippen LogP contribution is 2.22. The lowest BCUT2D eigenvalue weighted by Gasteiger charge is -2.06. The molecule has 100 valence electrons. The maximum Gasteiger partial charge on any atom is 0.322 e. The lowest BCUT2D eigenvalue weighted by Crippen LogP contribution is -1.98. The minimum Gasteiger partial charge on any atom is -0.423 e. The number of aliphatic hydroxyl groups excluding tert-OH is 1. The van der Waals surface area contributed by atoms with Gasteiger partial charge in [-0.2, -0.15) is 4.98 Å². The second-order valence-electron chi connectivity index (χ2n) is 4.39. The number of aryl methyl sites for hydroxylation is 1. The average Bonchev–Trinajstić information content (AvgIpc) is 2.47. The normalized spacial score (nSPS) is 10.7. The van der Waals surface area contributed by atoms with E-state index in [-0.39, 0.29) is 12.6 Å². The lowest BCUT2D eigenvalue weighted by molar-refractivity contribution is 0.279. The van der Waals surface area contributed by atoms with E-state index in [1.807, 2.05) is 30.3 Å². The molecule has 0 aliphatic heterocycles. The molecule has 3 aromatic rings. The molecule has 0 radical (unpaired) electrons. The zero-order valence-corrected chi connectivity index (χ0v) is 10.9. The predicted octanol–water partition coefficient (Wildman–Crippen LogP) is 2.62. The number of hydrogen-bond acceptors (Lipinski definition) is 5. The van der Waals surface area contributed by atoms with Crippen LogP contribution in [0.2, 0.25) is 0 Å². The molecule has 0 atom stereocenters. The third-order valence-corrected chi connectivity index (χ3v) is 3.00. The topological polar surface area (TPSA) is 68.1 Å². The highest BCUT2D eigenvalue weighted by molar-refractivity contribution is 5.79. The van der Waals surface area contributed by atoms with Crippen molar-refractivity contribution in [2.24, 2.45) is 0 Å². The minimum absolute atomic E-state index is 0.0797. The van der Waals surface area contributed by atoms with Crippen molar-refractivity contribution < 1.29 is 9.84 Å². The van der Waals surface area contributed by atoms with Gasteiger partial charge < -0.3 is 9.84 Å². The Morgan fingerprint density at radius 3 is 2.80 bits per heavy atom. The third-order valence-electron chi connectivity index (χ3n) is 3.00. The molecule has 20 heavy (non-hydrogen) atoms. The Bertz CT molecular complexity index is 759. The van der Waals surface area contributed by atoms with Crippen molar-refractivity contribution in [2.45, 2.75) is 13.5 Å². The summed E-state index contributed by atoms with van der Waals surface area (Å²) in [5, 5.41) is 10.1. The first-order valence-electron chi connectivity index (χ1n) is 6.22. The maximum absolute atomic E-state index is 9.09. The third kappa shape index (κ3) is 2.44. The van der Waals surface area contributed by atoms with Crippen molar-refractivity contribution in [3.63, 3.8) is 0 Å². The van der Waals surface area contributed by atoms with Crippen molar-refractivity contribution >= 4 is 10.9 Å². The van der Waals surface area contributed by atoms with Crippen LogP contribution in [-0.2, 0) is 6.61 Å². The molecule has 2 aromatic heterocycles. The van der Waals surface area contributed by atoms with E-state index >= 15 is 0 Å². The summed E-state index contributed by atoms with van der Waals surface area (Å²) < 4.78 is 5.60. The summed E-state index contributed by atoms with van der Waals surface area (Å²) in [4.78, 5) is 12.6. The monoisotopic (exact) mass is 267 g/mol. The van der Waals surface area contributed by atoms with Crippen LogP contribution in [0.25, 0.3) is 10.9 Å². The van der Waals surface area contributed by atoms with Gasteiger partial charge in [-0.15, -0.1) is 0 Å². The summed E-state index contributed by atoms with van der Waals surface area (Å²) in [7, 11) is 0. The molecule has 1 aromatic carbocycles. The summed E-state index contributed by atoms with van der Waals surface area (Å²) in [6.07, 6.45) is 3.20. The van der Waals surface area contributed by atoms with Crippen LogP contribution in [0, 0.1) is 6.92 Å². The molecule has 0 amide bonds. The van der Waals surface area contributed by atoms with E-state index < -0.39 is 0 Å². The van der Waals surface area contributed by atoms with Crippen molar-refractivity contribution in [3.8, 4) is 11.8 Å². The van der Waals surface area contributed by atoms with E-state index in [2.05, 4.69) is 15.0 Å². The molecular formula is C15H13N3O2. The van der Waals surface area contributed by atoms with Gasteiger partial charge in [0.15, 0.2) is 0 Å². The fourth-order valence-corrected chi connectivity index (χ4v) is 1.89. The molecule has 0 spiro atoms. The molecule has 0 saturated heterocycles. The summed E-state index contributed by atoms with van der Waals surface area (Å²) >= 11 is 0. The Hall–Kier alpha value is -2.53. The highest BCUT2D eigenvalue weighted by Gasteiger charge is 2.05. The molecule has 3 rings (SSSR count). The number of para-hydroxylation sites is 1. The quantitative estimate of drug-likeness (QED) is 0.790. The molecule has 1 N–H and O–H groups in total. The summed E-state index contributed by atoms with van der Waals surface area (Å²) in [6.45, 7) is 1.72. The highest BCUT2D eigenvalue weighted by atomic mass is 16.5. The fraction of sp³-hybridized carbons (Fsp3) is 0.133. The van der Waals surface area contributed by atoms with Gasteiger partial charge in [0, 0.05) is 17.1 Å². The van der Waals surface area contributed by atoms with E-state index in [4.69, 9.17) is 9.84 Å². The van der Waals surface area contributed by atoms with Gasteiger partial charge in [0.1, 0.15) is 5.75 Å². The Kier molecular flexibility index (Phi) is 3.26. The van der Waals surface area contributed by atoms with Crippen LogP contribution in [0.5, 0.6) is 11.8 Å². The van der Waals surface area contributed by atoms with Gasteiger partial charge in [-0.25, -0.2) is 4.98 Å². The van der Waals surface area contributed by atoms with Gasteiger partial charge >= 0.3 is 6.01 Å². The summed E-state index contributed by atoms with van der Waals surface area (Å²) in [5.41, 5.74) is 2.30. The molecule has 0 fully saturated rings. The molecule has 5 nitrogen and oxygen atoms in total. The van der Waals surface area contributed by atoms with Gasteiger partial charge in [-0.1, -0.05) is 18.2 Å². The van der Waals surface area contributed by atoms with Crippen LogP contribution < -0.4 is 4.74 Å². The number of aliphatic hydroxyl groups is 1. The molecule has 0 aliphatic rings. The summed E-state index contributed by atoms with van der Waals surface area (Å²) in [5.74, 6) is 0.583. The van der Waals surface area contributed by atoms with Crippen LogP contribution in [-0.4, -0.2) is 20.1 Å². The predicted molar refractivity (Wildman–Crippen MR) is 74.5 cm³/mol. The van der Waals surface area contributed by atoms with Gasteiger partial charge in [-0.05, 0) is 19.1 Å². The van der Waals surface area contributed by atoms with E-state index in [0.29, 0.717) is 17.0 Å². The van der Waals surface area contributed by atoms with E-state index in [0.717, 1.165) is 10.9 Å². The first-order chi connectivity index (χ1) is 9.76. The van der Waals surface area contributed by atoms with Gasteiger partial charge in [0.05, 0.1) is 24.0 Å². The fourth-order valence-electron chi connectivity index (χ4n) is 1.89. The second-order valence-corrected chi connectivity index (χ2v) is 4.39. The molecule has 2 heterocycles. The number of fused-ring (bicyclic) bond motifs is 1. The number of hydrogen-bond donors (Lipinski definition) is 1. The van der Waals surface area contributed by atoms with Crippen LogP contribution in [0.1, 0.15) is 11.3 Å². The number of nitrogens with zero attached hydrogens (tertiary/aromatic N) is 3. The Morgan fingerprint density at radius 1 is 1.15 bits per heavy atom. The zero-order valence-electron chi connectivity index (χ0n) is 10.9. The number of rotatable bonds is 3. The van der Waals surface area contributed by atoms with Crippen LogP contribution in [0.4, 0.5) is 0 Å². The van der Waals surface area contributed by atoms with Crippen LogP contribution in [0.3, 0.4) is 0 Å². The smallest absolute Gasteiger partial charge is 0.322 e. The Labute approximate surface area is 115 Å². The first kappa shape index (κ1) is 12.5. The van der Waals surface area contributed by atoms with Gasteiger partial charge in [0.2, 0.25) is 0 Å².